The highest BCUT2D eigenvalue weighted by atomic mass is 16.1. The van der Waals surface area contributed by atoms with Gasteiger partial charge in [-0.3, -0.25) is 4.79 Å². The Morgan fingerprint density at radius 2 is 1.82 bits per heavy atom. The fraction of sp³-hybridized carbons (Fsp3) is 0.227. The van der Waals surface area contributed by atoms with Gasteiger partial charge in [0.1, 0.15) is 17.7 Å². The van der Waals surface area contributed by atoms with Crippen LogP contribution in [0.25, 0.3) is 0 Å². The van der Waals surface area contributed by atoms with Crippen molar-refractivity contribution in [3.05, 3.63) is 65.4 Å². The fourth-order valence-electron chi connectivity index (χ4n) is 2.77. The molecule has 1 amide bonds. The van der Waals surface area contributed by atoms with E-state index < -0.39 is 5.91 Å². The second kappa shape index (κ2) is 9.80. The largest absolute Gasteiger partial charge is 0.372 e. The monoisotopic (exact) mass is 373 g/mol. The van der Waals surface area contributed by atoms with Crippen LogP contribution in [-0.2, 0) is 4.79 Å². The van der Waals surface area contributed by atoms with Crippen LogP contribution < -0.4 is 15.5 Å². The fourth-order valence-corrected chi connectivity index (χ4v) is 2.77. The van der Waals surface area contributed by atoms with Gasteiger partial charge in [0.2, 0.25) is 0 Å². The molecule has 28 heavy (non-hydrogen) atoms. The summed E-state index contributed by atoms with van der Waals surface area (Å²) in [6, 6.07) is 16.5. The van der Waals surface area contributed by atoms with Crippen LogP contribution >= 0.6 is 0 Å². The second-order valence-corrected chi connectivity index (χ2v) is 6.10. The predicted molar refractivity (Wildman–Crippen MR) is 112 cm³/mol. The highest BCUT2D eigenvalue weighted by Gasteiger charge is 2.12. The molecule has 142 valence electrons. The first kappa shape index (κ1) is 20.5. The average molecular weight is 373 g/mol. The number of carbonyl (C=O) groups excluding carboxylic acids is 1. The molecular formula is C22H23N5O. The molecule has 0 aliphatic rings. The van der Waals surface area contributed by atoms with Crippen LogP contribution in [-0.4, -0.2) is 19.0 Å². The van der Waals surface area contributed by atoms with Gasteiger partial charge in [-0.1, -0.05) is 12.1 Å². The molecule has 0 heterocycles. The van der Waals surface area contributed by atoms with Gasteiger partial charge in [0.15, 0.2) is 0 Å². The SMILES string of the molecule is CCN(CC)c1ccc(N/C=C(/C#N)C(=O)Nc2ccccc2C#N)c(C)c1. The highest BCUT2D eigenvalue weighted by molar-refractivity contribution is 6.07. The summed E-state index contributed by atoms with van der Waals surface area (Å²) in [5, 5.41) is 24.1. The molecule has 0 atom stereocenters. The number of amides is 1. The first-order chi connectivity index (χ1) is 13.5. The van der Waals surface area contributed by atoms with Crippen LogP contribution in [0.1, 0.15) is 25.0 Å². The summed E-state index contributed by atoms with van der Waals surface area (Å²) < 4.78 is 0. The molecule has 0 aliphatic heterocycles. The van der Waals surface area contributed by atoms with Crippen molar-refractivity contribution in [3.8, 4) is 12.1 Å². The van der Waals surface area contributed by atoms with Crippen molar-refractivity contribution in [1.82, 2.24) is 0 Å². The molecular weight excluding hydrogens is 350 g/mol. The number of para-hydroxylation sites is 1. The quantitative estimate of drug-likeness (QED) is 0.561. The third-order valence-electron chi connectivity index (χ3n) is 4.37. The number of benzene rings is 2. The minimum atomic E-state index is -0.574. The highest BCUT2D eigenvalue weighted by Crippen LogP contribution is 2.23. The van der Waals surface area contributed by atoms with Gasteiger partial charge in [0, 0.05) is 30.7 Å². The topological polar surface area (TPSA) is 91.9 Å². The Kier molecular flexibility index (Phi) is 7.19. The zero-order valence-electron chi connectivity index (χ0n) is 16.3. The molecule has 0 bridgehead atoms. The van der Waals surface area contributed by atoms with E-state index in [2.05, 4.69) is 35.4 Å². The first-order valence-electron chi connectivity index (χ1n) is 9.06. The molecule has 0 aliphatic carbocycles. The number of nitrogens with one attached hydrogen (secondary N) is 2. The van der Waals surface area contributed by atoms with E-state index in [0.29, 0.717) is 11.3 Å². The van der Waals surface area contributed by atoms with Crippen molar-refractivity contribution < 1.29 is 4.79 Å². The van der Waals surface area contributed by atoms with Gasteiger partial charge in [-0.25, -0.2) is 0 Å². The first-order valence-corrected chi connectivity index (χ1v) is 9.06. The molecule has 2 aromatic rings. The molecule has 0 aromatic heterocycles. The summed E-state index contributed by atoms with van der Waals surface area (Å²) in [5.74, 6) is -0.574. The van der Waals surface area contributed by atoms with Crippen molar-refractivity contribution in [3.63, 3.8) is 0 Å². The molecule has 2 rings (SSSR count). The Hall–Kier alpha value is -3.77. The number of hydrogen-bond acceptors (Lipinski definition) is 5. The standard InChI is InChI=1S/C22H23N5O/c1-4-27(5-2)19-10-11-20(16(3)12-19)25-15-18(14-24)22(28)26-21-9-7-6-8-17(21)13-23/h6-12,15,25H,4-5H2,1-3H3,(H,26,28)/b18-15-. The molecule has 0 saturated carbocycles. The third-order valence-corrected chi connectivity index (χ3v) is 4.37. The van der Waals surface area contributed by atoms with Crippen molar-refractivity contribution in [2.24, 2.45) is 0 Å². The number of nitriles is 2. The van der Waals surface area contributed by atoms with Gasteiger partial charge in [-0.15, -0.1) is 0 Å². The summed E-state index contributed by atoms with van der Waals surface area (Å²) in [4.78, 5) is 14.6. The molecule has 0 unspecified atom stereocenters. The van der Waals surface area contributed by atoms with Gasteiger partial charge in [-0.05, 0) is 56.7 Å². The summed E-state index contributed by atoms with van der Waals surface area (Å²) in [6.45, 7) is 8.03. The predicted octanol–water partition coefficient (Wildman–Crippen LogP) is 4.17. The normalized spacial score (nSPS) is 10.5. The zero-order valence-corrected chi connectivity index (χ0v) is 16.3. The van der Waals surface area contributed by atoms with Crippen LogP contribution in [0.2, 0.25) is 0 Å². The molecule has 0 spiro atoms. The Morgan fingerprint density at radius 1 is 1.11 bits per heavy atom. The molecule has 0 fully saturated rings. The molecule has 6 heteroatoms. The molecule has 6 nitrogen and oxygen atoms in total. The van der Waals surface area contributed by atoms with Gasteiger partial charge < -0.3 is 15.5 Å². The molecule has 2 aromatic carbocycles. The van der Waals surface area contributed by atoms with E-state index in [4.69, 9.17) is 5.26 Å². The minimum absolute atomic E-state index is 0.0834. The summed E-state index contributed by atoms with van der Waals surface area (Å²) >= 11 is 0. The Bertz CT molecular complexity index is 962. The summed E-state index contributed by atoms with van der Waals surface area (Å²) in [7, 11) is 0. The van der Waals surface area contributed by atoms with E-state index in [1.54, 1.807) is 24.3 Å². The summed E-state index contributed by atoms with van der Waals surface area (Å²) in [5.41, 5.74) is 3.57. The lowest BCUT2D eigenvalue weighted by atomic mass is 10.1. The number of anilines is 3. The average Bonchev–Trinajstić information content (AvgIpc) is 2.71. The lowest BCUT2D eigenvalue weighted by Crippen LogP contribution is -2.21. The lowest BCUT2D eigenvalue weighted by Gasteiger charge is -2.22. The molecule has 0 saturated heterocycles. The van der Waals surface area contributed by atoms with Crippen molar-refractivity contribution >= 4 is 23.0 Å². The van der Waals surface area contributed by atoms with Gasteiger partial charge in [0.25, 0.3) is 5.91 Å². The number of aryl methyl sites for hydroxylation is 1. The van der Waals surface area contributed by atoms with Crippen molar-refractivity contribution in [2.75, 3.05) is 28.6 Å². The van der Waals surface area contributed by atoms with E-state index in [1.807, 2.05) is 31.2 Å². The molecule has 2 N–H and O–H groups in total. The van der Waals surface area contributed by atoms with E-state index >= 15 is 0 Å². The van der Waals surface area contributed by atoms with Crippen LogP contribution in [0.4, 0.5) is 17.1 Å². The summed E-state index contributed by atoms with van der Waals surface area (Å²) in [6.07, 6.45) is 1.38. The van der Waals surface area contributed by atoms with Gasteiger partial charge in [-0.2, -0.15) is 10.5 Å². The van der Waals surface area contributed by atoms with Crippen molar-refractivity contribution in [2.45, 2.75) is 20.8 Å². The van der Waals surface area contributed by atoms with Crippen LogP contribution in [0, 0.1) is 29.6 Å². The number of nitrogens with zero attached hydrogens (tertiary/aromatic N) is 3. The Morgan fingerprint density at radius 3 is 2.43 bits per heavy atom. The van der Waals surface area contributed by atoms with Crippen LogP contribution in [0.3, 0.4) is 0 Å². The minimum Gasteiger partial charge on any atom is -0.372 e. The van der Waals surface area contributed by atoms with Gasteiger partial charge in [0.05, 0.1) is 11.3 Å². The van der Waals surface area contributed by atoms with Gasteiger partial charge >= 0.3 is 0 Å². The number of rotatable bonds is 7. The van der Waals surface area contributed by atoms with E-state index in [-0.39, 0.29) is 5.57 Å². The number of hydrogen-bond donors (Lipinski definition) is 2. The van der Waals surface area contributed by atoms with Crippen LogP contribution in [0.5, 0.6) is 0 Å². The third kappa shape index (κ3) is 4.90. The smallest absolute Gasteiger partial charge is 0.267 e. The number of carbonyl (C=O) groups is 1. The lowest BCUT2D eigenvalue weighted by molar-refractivity contribution is -0.112. The Balaban J connectivity index is 2.16. The van der Waals surface area contributed by atoms with E-state index in [1.165, 1.54) is 6.20 Å². The maximum atomic E-state index is 12.4. The zero-order chi connectivity index (χ0) is 20.5. The van der Waals surface area contributed by atoms with E-state index in [0.717, 1.165) is 30.0 Å². The maximum absolute atomic E-state index is 12.4. The Labute approximate surface area is 165 Å². The van der Waals surface area contributed by atoms with Crippen molar-refractivity contribution in [1.29, 1.82) is 10.5 Å². The molecule has 0 radical (unpaired) electrons. The second-order valence-electron chi connectivity index (χ2n) is 6.10. The van der Waals surface area contributed by atoms with Crippen LogP contribution in [0.15, 0.2) is 54.2 Å². The van der Waals surface area contributed by atoms with E-state index in [9.17, 15) is 10.1 Å². The maximum Gasteiger partial charge on any atom is 0.267 e.